The largest absolute Gasteiger partial charge is 0.497 e. The molecule has 0 aliphatic rings. The molecular formula is C14H19NO5. The van der Waals surface area contributed by atoms with Crippen LogP contribution in [0.3, 0.4) is 0 Å². The van der Waals surface area contributed by atoms with E-state index >= 15 is 0 Å². The van der Waals surface area contributed by atoms with Crippen molar-refractivity contribution in [1.29, 1.82) is 0 Å². The summed E-state index contributed by atoms with van der Waals surface area (Å²) in [6, 6.07) is 6.89. The van der Waals surface area contributed by atoms with Gasteiger partial charge in [0.05, 0.1) is 13.7 Å². The number of hydrogen-bond acceptors (Lipinski definition) is 5. The van der Waals surface area contributed by atoms with Crippen LogP contribution in [-0.2, 0) is 14.3 Å². The summed E-state index contributed by atoms with van der Waals surface area (Å²) in [5.41, 5.74) is 0. The number of benzene rings is 1. The van der Waals surface area contributed by atoms with Gasteiger partial charge in [0, 0.05) is 7.05 Å². The molecule has 0 aliphatic carbocycles. The minimum absolute atomic E-state index is 0.0847. The Hall–Kier alpha value is -2.24. The van der Waals surface area contributed by atoms with Crippen molar-refractivity contribution in [3.8, 4) is 11.5 Å². The van der Waals surface area contributed by atoms with E-state index in [0.717, 1.165) is 0 Å². The Balaban J connectivity index is 2.39. The second-order valence-corrected chi connectivity index (χ2v) is 4.02. The third kappa shape index (κ3) is 5.17. The maximum absolute atomic E-state index is 11.7. The molecule has 0 fully saturated rings. The first kappa shape index (κ1) is 15.8. The first-order valence-electron chi connectivity index (χ1n) is 6.23. The quantitative estimate of drug-likeness (QED) is 0.700. The van der Waals surface area contributed by atoms with Crippen molar-refractivity contribution >= 4 is 11.9 Å². The van der Waals surface area contributed by atoms with Crippen LogP contribution in [0.15, 0.2) is 24.3 Å². The van der Waals surface area contributed by atoms with Gasteiger partial charge in [0.25, 0.3) is 5.91 Å². The number of carbonyl (C=O) groups excluding carboxylic acids is 2. The van der Waals surface area contributed by atoms with Crippen LogP contribution >= 0.6 is 0 Å². The molecule has 0 aromatic heterocycles. The van der Waals surface area contributed by atoms with Crippen LogP contribution < -0.4 is 9.47 Å². The lowest BCUT2D eigenvalue weighted by Gasteiger charge is -2.16. The van der Waals surface area contributed by atoms with Gasteiger partial charge in [-0.25, -0.2) is 0 Å². The van der Waals surface area contributed by atoms with Crippen LogP contribution in [0.5, 0.6) is 11.5 Å². The SMILES string of the molecule is CCOC(=O)CN(C)C(=O)COc1ccc(OC)cc1. The van der Waals surface area contributed by atoms with Crippen LogP contribution in [0, 0.1) is 0 Å². The fraction of sp³-hybridized carbons (Fsp3) is 0.429. The third-order valence-electron chi connectivity index (χ3n) is 2.52. The second-order valence-electron chi connectivity index (χ2n) is 4.02. The van der Waals surface area contributed by atoms with Gasteiger partial charge < -0.3 is 19.1 Å². The van der Waals surface area contributed by atoms with Crippen molar-refractivity contribution in [2.24, 2.45) is 0 Å². The average Bonchev–Trinajstić information content (AvgIpc) is 2.45. The van der Waals surface area contributed by atoms with E-state index in [-0.39, 0.29) is 19.1 Å². The summed E-state index contributed by atoms with van der Waals surface area (Å²) in [5, 5.41) is 0. The molecule has 0 radical (unpaired) electrons. The van der Waals surface area contributed by atoms with Crippen molar-refractivity contribution in [2.75, 3.05) is 33.9 Å². The molecule has 0 atom stereocenters. The molecule has 110 valence electrons. The predicted octanol–water partition coefficient (Wildman–Crippen LogP) is 1.10. The van der Waals surface area contributed by atoms with Crippen LogP contribution in [0.25, 0.3) is 0 Å². The van der Waals surface area contributed by atoms with E-state index in [1.54, 1.807) is 38.3 Å². The van der Waals surface area contributed by atoms with Crippen molar-refractivity contribution in [2.45, 2.75) is 6.92 Å². The van der Waals surface area contributed by atoms with E-state index in [4.69, 9.17) is 14.2 Å². The summed E-state index contributed by atoms with van der Waals surface area (Å²) >= 11 is 0. The molecule has 6 nitrogen and oxygen atoms in total. The molecule has 1 aromatic carbocycles. The zero-order valence-electron chi connectivity index (χ0n) is 11.9. The Morgan fingerprint density at radius 1 is 1.15 bits per heavy atom. The Morgan fingerprint density at radius 2 is 1.75 bits per heavy atom. The van der Waals surface area contributed by atoms with E-state index in [1.807, 2.05) is 0 Å². The minimum Gasteiger partial charge on any atom is -0.497 e. The molecule has 0 N–H and O–H groups in total. The lowest BCUT2D eigenvalue weighted by atomic mass is 10.3. The van der Waals surface area contributed by atoms with Crippen LogP contribution in [-0.4, -0.2) is 50.7 Å². The van der Waals surface area contributed by atoms with Crippen molar-refractivity contribution in [1.82, 2.24) is 4.90 Å². The zero-order valence-corrected chi connectivity index (χ0v) is 11.9. The molecule has 0 saturated carbocycles. The predicted molar refractivity (Wildman–Crippen MR) is 72.8 cm³/mol. The summed E-state index contributed by atoms with van der Waals surface area (Å²) in [6.45, 7) is 1.79. The zero-order chi connectivity index (χ0) is 15.0. The van der Waals surface area contributed by atoms with Crippen molar-refractivity contribution in [3.05, 3.63) is 24.3 Å². The second kappa shape index (κ2) is 8.04. The Kier molecular flexibility index (Phi) is 6.36. The molecule has 0 spiro atoms. The fourth-order valence-corrected chi connectivity index (χ4v) is 1.42. The maximum Gasteiger partial charge on any atom is 0.325 e. The van der Waals surface area contributed by atoms with Crippen molar-refractivity contribution in [3.63, 3.8) is 0 Å². The number of methoxy groups -OCH3 is 1. The summed E-state index contributed by atoms with van der Waals surface area (Å²) in [4.78, 5) is 24.2. The van der Waals surface area contributed by atoms with Gasteiger partial charge in [0.1, 0.15) is 18.0 Å². The summed E-state index contributed by atoms with van der Waals surface area (Å²) in [6.07, 6.45) is 0. The lowest BCUT2D eigenvalue weighted by Crippen LogP contribution is -2.36. The lowest BCUT2D eigenvalue weighted by molar-refractivity contribution is -0.148. The smallest absolute Gasteiger partial charge is 0.325 e. The van der Waals surface area contributed by atoms with E-state index in [1.165, 1.54) is 11.9 Å². The monoisotopic (exact) mass is 281 g/mol. The van der Waals surface area contributed by atoms with E-state index in [0.29, 0.717) is 18.1 Å². The van der Waals surface area contributed by atoms with Gasteiger partial charge in [-0.3, -0.25) is 9.59 Å². The van der Waals surface area contributed by atoms with Crippen molar-refractivity contribution < 1.29 is 23.8 Å². The maximum atomic E-state index is 11.7. The molecule has 20 heavy (non-hydrogen) atoms. The summed E-state index contributed by atoms with van der Waals surface area (Å²) in [7, 11) is 3.10. The highest BCUT2D eigenvalue weighted by Gasteiger charge is 2.14. The number of hydrogen-bond donors (Lipinski definition) is 0. The summed E-state index contributed by atoms with van der Waals surface area (Å²) < 4.78 is 15.1. The fourth-order valence-electron chi connectivity index (χ4n) is 1.42. The molecule has 0 bridgehead atoms. The number of rotatable bonds is 7. The van der Waals surface area contributed by atoms with Gasteiger partial charge in [-0.05, 0) is 31.2 Å². The van der Waals surface area contributed by atoms with Crippen LogP contribution in [0.4, 0.5) is 0 Å². The van der Waals surface area contributed by atoms with Crippen LogP contribution in [0.2, 0.25) is 0 Å². The number of ether oxygens (including phenoxy) is 3. The van der Waals surface area contributed by atoms with E-state index in [9.17, 15) is 9.59 Å². The van der Waals surface area contributed by atoms with E-state index < -0.39 is 5.97 Å². The van der Waals surface area contributed by atoms with Gasteiger partial charge in [0.2, 0.25) is 0 Å². The topological polar surface area (TPSA) is 65.1 Å². The Labute approximate surface area is 118 Å². The number of nitrogens with zero attached hydrogens (tertiary/aromatic N) is 1. The normalized spacial score (nSPS) is 9.75. The first-order chi connectivity index (χ1) is 9.56. The molecule has 0 saturated heterocycles. The molecule has 1 rings (SSSR count). The van der Waals surface area contributed by atoms with Gasteiger partial charge in [0.15, 0.2) is 6.61 Å². The highest BCUT2D eigenvalue weighted by atomic mass is 16.5. The molecule has 0 heterocycles. The third-order valence-corrected chi connectivity index (χ3v) is 2.52. The van der Waals surface area contributed by atoms with Crippen LogP contribution in [0.1, 0.15) is 6.92 Å². The first-order valence-corrected chi connectivity index (χ1v) is 6.23. The Bertz CT molecular complexity index is 443. The number of likely N-dealkylation sites (N-methyl/N-ethyl adjacent to an activating group) is 1. The number of amides is 1. The molecular weight excluding hydrogens is 262 g/mol. The molecule has 0 unspecified atom stereocenters. The van der Waals surface area contributed by atoms with Gasteiger partial charge in [-0.1, -0.05) is 0 Å². The number of carbonyl (C=O) groups is 2. The molecule has 1 aromatic rings. The average molecular weight is 281 g/mol. The highest BCUT2D eigenvalue weighted by molar-refractivity contribution is 5.82. The molecule has 0 aliphatic heterocycles. The van der Waals surface area contributed by atoms with Gasteiger partial charge in [-0.2, -0.15) is 0 Å². The van der Waals surface area contributed by atoms with Gasteiger partial charge in [-0.15, -0.1) is 0 Å². The standard InChI is InChI=1S/C14H19NO5/c1-4-19-14(17)9-15(2)13(16)10-20-12-7-5-11(18-3)6-8-12/h5-8H,4,9-10H2,1-3H3. The molecule has 1 amide bonds. The minimum atomic E-state index is -0.437. The van der Waals surface area contributed by atoms with E-state index in [2.05, 4.69) is 0 Å². The Morgan fingerprint density at radius 3 is 2.30 bits per heavy atom. The number of esters is 1. The molecule has 6 heteroatoms. The van der Waals surface area contributed by atoms with Gasteiger partial charge >= 0.3 is 5.97 Å². The summed E-state index contributed by atoms with van der Waals surface area (Å²) in [5.74, 6) is 0.536. The highest BCUT2D eigenvalue weighted by Crippen LogP contribution is 2.16.